The lowest BCUT2D eigenvalue weighted by atomic mass is 10.0. The third-order valence-electron chi connectivity index (χ3n) is 3.68. The Morgan fingerprint density at radius 2 is 2.06 bits per heavy atom. The van der Waals surface area contributed by atoms with Crippen LogP contribution in [0.4, 0.5) is 0 Å². The molecule has 2 heterocycles. The topological polar surface area (TPSA) is 69.3 Å². The molecule has 0 atom stereocenters. The average Bonchev–Trinajstić information content (AvgIpc) is 2.69. The van der Waals surface area contributed by atoms with Crippen LogP contribution in [0.5, 0.6) is 0 Å². The lowest BCUT2D eigenvalue weighted by Gasteiger charge is -2.44. The van der Waals surface area contributed by atoms with Gasteiger partial charge in [-0.15, -0.1) is 0 Å². The number of piperazine rings is 1. The Balaban J connectivity index is 2.30. The monoisotopic (exact) mass is 272 g/mol. The molecule has 0 aliphatic carbocycles. The van der Waals surface area contributed by atoms with Gasteiger partial charge >= 0.3 is 0 Å². The van der Waals surface area contributed by atoms with Crippen molar-refractivity contribution in [3.8, 4) is 0 Å². The van der Waals surface area contributed by atoms with Gasteiger partial charge in [0.2, 0.25) is 10.0 Å². The maximum absolute atomic E-state index is 12.5. The molecule has 7 heteroatoms. The second kappa shape index (κ2) is 4.32. The van der Waals surface area contributed by atoms with Crippen molar-refractivity contribution in [1.29, 1.82) is 0 Å². The highest BCUT2D eigenvalue weighted by Gasteiger charge is 2.38. The fourth-order valence-corrected chi connectivity index (χ4v) is 3.84. The molecule has 1 aliphatic heterocycles. The molecule has 0 radical (unpaired) electrons. The predicted octanol–water partition coefficient (Wildman–Crippen LogP) is 0.433. The van der Waals surface area contributed by atoms with Crippen molar-refractivity contribution in [2.75, 3.05) is 26.7 Å². The van der Waals surface area contributed by atoms with Crippen LogP contribution >= 0.6 is 0 Å². The Bertz CT molecular complexity index is 535. The second-order valence-corrected chi connectivity index (χ2v) is 7.34. The molecule has 1 fully saturated rings. The van der Waals surface area contributed by atoms with Gasteiger partial charge < -0.3 is 0 Å². The number of nitrogens with one attached hydrogen (secondary N) is 1. The van der Waals surface area contributed by atoms with Crippen molar-refractivity contribution in [3.63, 3.8) is 0 Å². The van der Waals surface area contributed by atoms with Gasteiger partial charge in [0.25, 0.3) is 0 Å². The van der Waals surface area contributed by atoms with Gasteiger partial charge in [-0.05, 0) is 27.8 Å². The summed E-state index contributed by atoms with van der Waals surface area (Å²) in [5, 5.41) is 6.47. The molecule has 1 aromatic heterocycles. The van der Waals surface area contributed by atoms with Crippen LogP contribution in [-0.4, -0.2) is 60.0 Å². The van der Waals surface area contributed by atoms with Crippen molar-refractivity contribution < 1.29 is 8.42 Å². The van der Waals surface area contributed by atoms with Gasteiger partial charge in [0, 0.05) is 25.2 Å². The van der Waals surface area contributed by atoms with E-state index in [2.05, 4.69) is 28.9 Å². The quantitative estimate of drug-likeness (QED) is 0.848. The molecule has 0 unspecified atom stereocenters. The molecule has 1 saturated heterocycles. The first-order valence-electron chi connectivity index (χ1n) is 5.96. The first-order chi connectivity index (χ1) is 8.25. The first-order valence-corrected chi connectivity index (χ1v) is 7.40. The van der Waals surface area contributed by atoms with E-state index in [1.54, 1.807) is 11.2 Å². The average molecular weight is 272 g/mol. The van der Waals surface area contributed by atoms with E-state index in [-0.39, 0.29) is 10.4 Å². The number of hydrogen-bond acceptors (Lipinski definition) is 4. The van der Waals surface area contributed by atoms with E-state index in [9.17, 15) is 8.42 Å². The number of rotatable bonds is 2. The number of likely N-dealkylation sites (N-methyl/N-ethyl adjacent to an activating group) is 1. The lowest BCUT2D eigenvalue weighted by molar-refractivity contribution is 0.0801. The van der Waals surface area contributed by atoms with Crippen LogP contribution in [0.3, 0.4) is 0 Å². The van der Waals surface area contributed by atoms with E-state index in [0.29, 0.717) is 18.8 Å². The van der Waals surface area contributed by atoms with Gasteiger partial charge in [0.1, 0.15) is 4.90 Å². The maximum atomic E-state index is 12.5. The Morgan fingerprint density at radius 1 is 1.39 bits per heavy atom. The molecule has 0 amide bonds. The van der Waals surface area contributed by atoms with Gasteiger partial charge in [0.15, 0.2) is 0 Å². The van der Waals surface area contributed by atoms with E-state index in [0.717, 1.165) is 6.54 Å². The molecule has 2 rings (SSSR count). The number of nitrogens with zero attached hydrogens (tertiary/aromatic N) is 3. The summed E-state index contributed by atoms with van der Waals surface area (Å²) in [6.07, 6.45) is 1.38. The van der Waals surface area contributed by atoms with Crippen molar-refractivity contribution in [2.24, 2.45) is 0 Å². The summed E-state index contributed by atoms with van der Waals surface area (Å²) in [5.41, 5.74) is 0.440. The summed E-state index contributed by atoms with van der Waals surface area (Å²) in [4.78, 5) is 2.46. The van der Waals surface area contributed by atoms with Gasteiger partial charge in [0.05, 0.1) is 11.9 Å². The number of sulfonamides is 1. The van der Waals surface area contributed by atoms with E-state index in [4.69, 9.17) is 0 Å². The zero-order valence-corrected chi connectivity index (χ0v) is 12.1. The summed E-state index contributed by atoms with van der Waals surface area (Å²) in [6, 6.07) is 0. The molecule has 1 aliphatic rings. The number of H-pyrrole nitrogens is 1. The van der Waals surface area contributed by atoms with Crippen molar-refractivity contribution in [1.82, 2.24) is 19.4 Å². The van der Waals surface area contributed by atoms with Crippen LogP contribution in [0, 0.1) is 6.92 Å². The zero-order valence-electron chi connectivity index (χ0n) is 11.3. The largest absolute Gasteiger partial charge is 0.299 e. The van der Waals surface area contributed by atoms with Gasteiger partial charge in [-0.1, -0.05) is 0 Å². The highest BCUT2D eigenvalue weighted by atomic mass is 32.2. The van der Waals surface area contributed by atoms with E-state index >= 15 is 0 Å². The standard InChI is InChI=1S/C11H20N4O2S/c1-9-10(7-12-13-9)18(16,17)15-6-5-14(4)11(2,3)8-15/h7H,5-6,8H2,1-4H3,(H,12,13). The molecule has 0 spiro atoms. The Morgan fingerprint density at radius 3 is 2.56 bits per heavy atom. The number of hydrogen-bond donors (Lipinski definition) is 1. The molecule has 1 N–H and O–H groups in total. The Kier molecular flexibility index (Phi) is 3.25. The summed E-state index contributed by atoms with van der Waals surface area (Å²) >= 11 is 0. The van der Waals surface area contributed by atoms with Crippen LogP contribution in [0.15, 0.2) is 11.1 Å². The highest BCUT2D eigenvalue weighted by molar-refractivity contribution is 7.89. The van der Waals surface area contributed by atoms with Crippen molar-refractivity contribution in [3.05, 3.63) is 11.9 Å². The molecule has 0 aromatic carbocycles. The zero-order chi connectivity index (χ0) is 13.6. The molecule has 1 aromatic rings. The number of aromatic amines is 1. The fourth-order valence-electron chi connectivity index (χ4n) is 2.14. The summed E-state index contributed by atoms with van der Waals surface area (Å²) in [7, 11) is -1.41. The van der Waals surface area contributed by atoms with Crippen LogP contribution in [-0.2, 0) is 10.0 Å². The third-order valence-corrected chi connectivity index (χ3v) is 5.64. The first kappa shape index (κ1) is 13.5. The normalized spacial score (nSPS) is 22.2. The third kappa shape index (κ3) is 2.17. The van der Waals surface area contributed by atoms with Gasteiger partial charge in [-0.3, -0.25) is 10.00 Å². The smallest absolute Gasteiger partial charge is 0.246 e. The van der Waals surface area contributed by atoms with Crippen LogP contribution in [0.1, 0.15) is 19.5 Å². The SMILES string of the molecule is Cc1[nH]ncc1S(=O)(=O)N1CCN(C)C(C)(C)C1. The van der Waals surface area contributed by atoms with E-state index in [1.165, 1.54) is 6.20 Å². The van der Waals surface area contributed by atoms with Crippen LogP contribution in [0.2, 0.25) is 0 Å². The minimum Gasteiger partial charge on any atom is -0.299 e. The minimum absolute atomic E-state index is 0.150. The molecule has 0 saturated carbocycles. The Labute approximate surface area is 108 Å². The summed E-state index contributed by atoms with van der Waals surface area (Å²) in [6.45, 7) is 7.58. The van der Waals surface area contributed by atoms with Gasteiger partial charge in [-0.25, -0.2) is 8.42 Å². The number of aryl methyl sites for hydroxylation is 1. The Hall–Kier alpha value is -0.920. The highest BCUT2D eigenvalue weighted by Crippen LogP contribution is 2.25. The maximum Gasteiger partial charge on any atom is 0.246 e. The lowest BCUT2D eigenvalue weighted by Crippen LogP contribution is -2.58. The second-order valence-electron chi connectivity index (χ2n) is 5.43. The predicted molar refractivity (Wildman–Crippen MR) is 68.8 cm³/mol. The summed E-state index contributed by atoms with van der Waals surface area (Å²) in [5.74, 6) is 0. The molecule has 0 bridgehead atoms. The fraction of sp³-hybridized carbons (Fsp3) is 0.727. The van der Waals surface area contributed by atoms with E-state index in [1.807, 2.05) is 7.05 Å². The van der Waals surface area contributed by atoms with Crippen molar-refractivity contribution in [2.45, 2.75) is 31.2 Å². The molecule has 102 valence electrons. The minimum atomic E-state index is -3.43. The van der Waals surface area contributed by atoms with E-state index < -0.39 is 10.0 Å². The van der Waals surface area contributed by atoms with Gasteiger partial charge in [-0.2, -0.15) is 9.40 Å². The van der Waals surface area contributed by atoms with Crippen molar-refractivity contribution >= 4 is 10.0 Å². The van der Waals surface area contributed by atoms with Crippen LogP contribution < -0.4 is 0 Å². The molecule has 6 nitrogen and oxygen atoms in total. The molecular weight excluding hydrogens is 252 g/mol. The van der Waals surface area contributed by atoms with Crippen LogP contribution in [0.25, 0.3) is 0 Å². The number of aromatic nitrogens is 2. The molecular formula is C11H20N4O2S. The summed E-state index contributed by atoms with van der Waals surface area (Å²) < 4.78 is 26.6. The molecule has 18 heavy (non-hydrogen) atoms.